The zero-order valence-electron chi connectivity index (χ0n) is 20.2. The number of rotatable bonds is 4. The quantitative estimate of drug-likeness (QED) is 0.409. The van der Waals surface area contributed by atoms with E-state index in [1.165, 1.54) is 10.7 Å². The SMILES string of the molecule is Cc1cccc(NC(=O)Nc2ccc(-c3cnc4c(C(=O)N5CCN(C)CC5)cnn4c3N)cc2)c1. The maximum Gasteiger partial charge on any atom is 0.323 e. The Labute approximate surface area is 208 Å². The van der Waals surface area contributed by atoms with Crippen molar-refractivity contribution in [2.75, 3.05) is 49.6 Å². The Hall–Kier alpha value is -4.44. The van der Waals surface area contributed by atoms with Gasteiger partial charge in [0.05, 0.1) is 6.20 Å². The van der Waals surface area contributed by atoms with E-state index in [1.807, 2.05) is 55.3 Å². The highest BCUT2D eigenvalue weighted by atomic mass is 16.2. The summed E-state index contributed by atoms with van der Waals surface area (Å²) >= 11 is 0. The van der Waals surface area contributed by atoms with E-state index in [9.17, 15) is 9.59 Å². The van der Waals surface area contributed by atoms with Crippen molar-refractivity contribution in [1.82, 2.24) is 24.4 Å². The molecule has 0 saturated carbocycles. The van der Waals surface area contributed by atoms with Gasteiger partial charge in [-0.05, 0) is 49.4 Å². The van der Waals surface area contributed by atoms with Gasteiger partial charge in [-0.25, -0.2) is 9.78 Å². The van der Waals surface area contributed by atoms with E-state index in [4.69, 9.17) is 5.73 Å². The first-order valence-corrected chi connectivity index (χ1v) is 11.7. The molecule has 0 aliphatic carbocycles. The molecule has 0 radical (unpaired) electrons. The lowest BCUT2D eigenvalue weighted by Crippen LogP contribution is -2.47. The van der Waals surface area contributed by atoms with Crippen LogP contribution in [0.4, 0.5) is 22.0 Å². The molecule has 1 fully saturated rings. The van der Waals surface area contributed by atoms with Gasteiger partial charge in [-0.2, -0.15) is 9.61 Å². The Balaban J connectivity index is 1.31. The number of aromatic nitrogens is 3. The van der Waals surface area contributed by atoms with Crippen LogP contribution in [0.15, 0.2) is 60.9 Å². The van der Waals surface area contributed by atoms with Crippen molar-refractivity contribution < 1.29 is 9.59 Å². The maximum absolute atomic E-state index is 13.0. The molecule has 3 amide bonds. The number of urea groups is 1. The second-order valence-electron chi connectivity index (χ2n) is 8.97. The molecule has 3 heterocycles. The first-order chi connectivity index (χ1) is 17.4. The normalized spacial score (nSPS) is 14.1. The van der Waals surface area contributed by atoms with Crippen LogP contribution in [0, 0.1) is 6.92 Å². The van der Waals surface area contributed by atoms with Gasteiger partial charge >= 0.3 is 6.03 Å². The molecule has 0 bridgehead atoms. The minimum Gasteiger partial charge on any atom is -0.383 e. The van der Waals surface area contributed by atoms with Crippen molar-refractivity contribution in [2.24, 2.45) is 0 Å². The minimum absolute atomic E-state index is 0.0860. The predicted molar refractivity (Wildman–Crippen MR) is 140 cm³/mol. The molecule has 0 spiro atoms. The van der Waals surface area contributed by atoms with Gasteiger partial charge in [-0.15, -0.1) is 0 Å². The number of nitrogens with zero attached hydrogens (tertiary/aromatic N) is 5. The monoisotopic (exact) mass is 484 g/mol. The molecule has 36 heavy (non-hydrogen) atoms. The number of nitrogens with two attached hydrogens (primary N) is 1. The molecular formula is C26H28N8O2. The van der Waals surface area contributed by atoms with E-state index >= 15 is 0 Å². The third kappa shape index (κ3) is 4.71. The number of benzene rings is 2. The summed E-state index contributed by atoms with van der Waals surface area (Å²) < 4.78 is 1.50. The molecule has 184 valence electrons. The fraction of sp³-hybridized carbons (Fsp3) is 0.231. The van der Waals surface area contributed by atoms with Crippen LogP contribution >= 0.6 is 0 Å². The summed E-state index contributed by atoms with van der Waals surface area (Å²) in [6.45, 7) is 4.98. The Morgan fingerprint density at radius 2 is 1.67 bits per heavy atom. The van der Waals surface area contributed by atoms with Crippen LogP contribution in [-0.2, 0) is 0 Å². The molecule has 1 saturated heterocycles. The number of anilines is 3. The first kappa shape index (κ1) is 23.3. The average molecular weight is 485 g/mol. The topological polar surface area (TPSA) is 121 Å². The molecule has 10 heteroatoms. The molecule has 0 unspecified atom stereocenters. The number of hydrogen-bond acceptors (Lipinski definition) is 6. The van der Waals surface area contributed by atoms with Crippen molar-refractivity contribution in [3.8, 4) is 11.1 Å². The van der Waals surface area contributed by atoms with Gasteiger partial charge in [-0.1, -0.05) is 24.3 Å². The molecule has 2 aromatic carbocycles. The second kappa shape index (κ2) is 9.67. The van der Waals surface area contributed by atoms with Crippen LogP contribution in [0.5, 0.6) is 0 Å². The lowest BCUT2D eigenvalue weighted by Gasteiger charge is -2.32. The number of fused-ring (bicyclic) bond motifs is 1. The summed E-state index contributed by atoms with van der Waals surface area (Å²) in [5, 5.41) is 9.99. The van der Waals surface area contributed by atoms with E-state index in [1.54, 1.807) is 18.3 Å². The number of hydrogen-bond donors (Lipinski definition) is 3. The predicted octanol–water partition coefficient (Wildman–Crippen LogP) is 3.32. The molecule has 10 nitrogen and oxygen atoms in total. The highest BCUT2D eigenvalue weighted by molar-refractivity contribution is 6.01. The zero-order valence-corrected chi connectivity index (χ0v) is 20.2. The van der Waals surface area contributed by atoms with Gasteiger partial charge in [0.2, 0.25) is 0 Å². The summed E-state index contributed by atoms with van der Waals surface area (Å²) in [6, 6.07) is 14.5. The van der Waals surface area contributed by atoms with Gasteiger partial charge in [0.1, 0.15) is 11.4 Å². The number of nitrogens with one attached hydrogen (secondary N) is 2. The van der Waals surface area contributed by atoms with Gasteiger partial charge in [0.15, 0.2) is 5.65 Å². The number of carbonyl (C=O) groups is 2. The van der Waals surface area contributed by atoms with Crippen LogP contribution in [0.1, 0.15) is 15.9 Å². The molecule has 2 aromatic heterocycles. The largest absolute Gasteiger partial charge is 0.383 e. The fourth-order valence-electron chi connectivity index (χ4n) is 4.25. The summed E-state index contributed by atoms with van der Waals surface area (Å²) in [5.41, 5.74) is 11.2. The Kier molecular flexibility index (Phi) is 6.26. The van der Waals surface area contributed by atoms with Crippen LogP contribution in [0.25, 0.3) is 16.8 Å². The Bertz CT molecular complexity index is 1420. The third-order valence-corrected chi connectivity index (χ3v) is 6.31. The molecule has 4 aromatic rings. The van der Waals surface area contributed by atoms with Crippen LogP contribution in [0.3, 0.4) is 0 Å². The number of carbonyl (C=O) groups excluding carboxylic acids is 2. The summed E-state index contributed by atoms with van der Waals surface area (Å²) in [6.07, 6.45) is 3.18. The van der Waals surface area contributed by atoms with E-state index in [0.29, 0.717) is 41.4 Å². The lowest BCUT2D eigenvalue weighted by molar-refractivity contribution is 0.0666. The van der Waals surface area contributed by atoms with Crippen molar-refractivity contribution in [3.05, 3.63) is 72.1 Å². The van der Waals surface area contributed by atoms with Gasteiger partial charge in [-0.3, -0.25) is 4.79 Å². The van der Waals surface area contributed by atoms with Crippen LogP contribution in [-0.4, -0.2) is 69.6 Å². The number of aryl methyl sites for hydroxylation is 1. The Morgan fingerprint density at radius 3 is 2.39 bits per heavy atom. The average Bonchev–Trinajstić information content (AvgIpc) is 3.30. The van der Waals surface area contributed by atoms with E-state index in [-0.39, 0.29) is 11.9 Å². The molecule has 1 aliphatic heterocycles. The van der Waals surface area contributed by atoms with Gasteiger partial charge in [0, 0.05) is 49.3 Å². The number of piperazine rings is 1. The number of nitrogen functional groups attached to an aromatic ring is 1. The third-order valence-electron chi connectivity index (χ3n) is 6.31. The Morgan fingerprint density at radius 1 is 0.944 bits per heavy atom. The molecule has 1 aliphatic rings. The van der Waals surface area contributed by atoms with Gasteiger partial charge < -0.3 is 26.2 Å². The smallest absolute Gasteiger partial charge is 0.323 e. The maximum atomic E-state index is 13.0. The molecule has 0 atom stereocenters. The van der Waals surface area contributed by atoms with Crippen LogP contribution < -0.4 is 16.4 Å². The van der Waals surface area contributed by atoms with E-state index in [0.717, 1.165) is 29.9 Å². The van der Waals surface area contributed by atoms with Crippen molar-refractivity contribution >= 4 is 34.8 Å². The molecule has 5 rings (SSSR count). The second-order valence-corrected chi connectivity index (χ2v) is 8.97. The lowest BCUT2D eigenvalue weighted by atomic mass is 10.1. The zero-order chi connectivity index (χ0) is 25.2. The molecular weight excluding hydrogens is 456 g/mol. The first-order valence-electron chi connectivity index (χ1n) is 11.7. The van der Waals surface area contributed by atoms with Crippen molar-refractivity contribution in [1.29, 1.82) is 0 Å². The van der Waals surface area contributed by atoms with E-state index < -0.39 is 0 Å². The van der Waals surface area contributed by atoms with Gasteiger partial charge in [0.25, 0.3) is 5.91 Å². The fourth-order valence-corrected chi connectivity index (χ4v) is 4.25. The van der Waals surface area contributed by atoms with E-state index in [2.05, 4.69) is 25.6 Å². The molecule has 4 N–H and O–H groups in total. The summed E-state index contributed by atoms with van der Waals surface area (Å²) in [7, 11) is 2.05. The highest BCUT2D eigenvalue weighted by Crippen LogP contribution is 2.28. The number of amides is 3. The number of likely N-dealkylation sites (N-methyl/N-ethyl adjacent to an activating group) is 1. The van der Waals surface area contributed by atoms with Crippen molar-refractivity contribution in [2.45, 2.75) is 6.92 Å². The minimum atomic E-state index is -0.329. The highest BCUT2D eigenvalue weighted by Gasteiger charge is 2.24. The summed E-state index contributed by atoms with van der Waals surface area (Å²) in [4.78, 5) is 33.9. The summed E-state index contributed by atoms with van der Waals surface area (Å²) in [5.74, 6) is 0.299. The van der Waals surface area contributed by atoms with Crippen molar-refractivity contribution in [3.63, 3.8) is 0 Å². The standard InChI is InChI=1S/C26H28N8O2/c1-17-4-3-5-20(14-17)31-26(36)30-19-8-6-18(7-9-19)21-15-28-24-22(16-29-34(24)23(21)27)25(35)33-12-10-32(2)11-13-33/h3-9,14-16H,10-13,27H2,1-2H3,(H2,30,31,36). The van der Waals surface area contributed by atoms with Crippen LogP contribution in [0.2, 0.25) is 0 Å².